The normalized spacial score (nSPS) is 13.4. The Morgan fingerprint density at radius 1 is 0.957 bits per heavy atom. The first-order valence-corrected chi connectivity index (χ1v) is 9.07. The van der Waals surface area contributed by atoms with E-state index in [4.69, 9.17) is 9.47 Å². The van der Waals surface area contributed by atoms with Crippen LogP contribution in [0.3, 0.4) is 0 Å². The molecule has 0 aromatic carbocycles. The van der Waals surface area contributed by atoms with E-state index in [1.165, 1.54) is 62.6 Å². The number of hydrogen-bond acceptors (Lipinski definition) is 2. The predicted octanol–water partition coefficient (Wildman–Crippen LogP) is 0.470. The molecule has 0 saturated heterocycles. The highest BCUT2D eigenvalue weighted by molar-refractivity contribution is 5.18. The van der Waals surface area contributed by atoms with Gasteiger partial charge in [-0.05, 0) is 31.7 Å². The first-order chi connectivity index (χ1) is 10.9. The van der Waals surface area contributed by atoms with Gasteiger partial charge in [-0.1, -0.05) is 26.2 Å². The number of aryl methyl sites for hydroxylation is 1. The van der Waals surface area contributed by atoms with E-state index in [9.17, 15) is 0 Å². The minimum absolute atomic E-state index is 0. The lowest BCUT2D eigenvalue weighted by Gasteiger charge is -2.13. The molecule has 0 unspecified atom stereocenters. The van der Waals surface area contributed by atoms with Crippen LogP contribution in [0, 0.1) is 0 Å². The maximum atomic E-state index is 5.71. The van der Waals surface area contributed by atoms with Crippen LogP contribution in [-0.4, -0.2) is 26.4 Å². The second-order valence-corrected chi connectivity index (χ2v) is 6.17. The van der Waals surface area contributed by atoms with Crippen molar-refractivity contribution in [3.05, 3.63) is 29.6 Å². The molecular formula is C19H32ClNO2. The highest BCUT2D eigenvalue weighted by Gasteiger charge is 2.18. The van der Waals surface area contributed by atoms with Gasteiger partial charge in [-0.3, -0.25) is 0 Å². The van der Waals surface area contributed by atoms with Gasteiger partial charge in [-0.2, -0.15) is 4.57 Å². The summed E-state index contributed by atoms with van der Waals surface area (Å²) >= 11 is 0. The molecule has 1 aromatic heterocycles. The lowest BCUT2D eigenvalue weighted by molar-refractivity contribution is -0.706. The Morgan fingerprint density at radius 2 is 1.74 bits per heavy atom. The fourth-order valence-electron chi connectivity index (χ4n) is 3.10. The molecule has 0 radical (unpaired) electrons. The molecule has 1 heterocycles. The molecule has 0 bridgehead atoms. The molecule has 132 valence electrons. The average Bonchev–Trinajstić information content (AvgIpc) is 2.56. The van der Waals surface area contributed by atoms with Crippen LogP contribution in [0.15, 0.2) is 18.3 Å². The van der Waals surface area contributed by atoms with E-state index in [0.717, 1.165) is 26.4 Å². The molecule has 0 amide bonds. The number of aromatic nitrogens is 1. The van der Waals surface area contributed by atoms with E-state index >= 15 is 0 Å². The minimum Gasteiger partial charge on any atom is -1.00 e. The van der Waals surface area contributed by atoms with Crippen LogP contribution >= 0.6 is 0 Å². The van der Waals surface area contributed by atoms with Gasteiger partial charge in [0.2, 0.25) is 0 Å². The molecule has 1 aliphatic carbocycles. The highest BCUT2D eigenvalue weighted by Crippen LogP contribution is 2.17. The van der Waals surface area contributed by atoms with Crippen LogP contribution < -0.4 is 17.0 Å². The number of halogens is 1. The van der Waals surface area contributed by atoms with E-state index < -0.39 is 0 Å². The summed E-state index contributed by atoms with van der Waals surface area (Å²) in [7, 11) is 0. The molecule has 0 spiro atoms. The molecule has 0 N–H and O–H groups in total. The predicted molar refractivity (Wildman–Crippen MR) is 89.1 cm³/mol. The first kappa shape index (κ1) is 20.4. The van der Waals surface area contributed by atoms with Crippen molar-refractivity contribution in [3.8, 4) is 0 Å². The molecule has 0 saturated carbocycles. The van der Waals surface area contributed by atoms with E-state index in [2.05, 4.69) is 29.8 Å². The summed E-state index contributed by atoms with van der Waals surface area (Å²) in [5, 5.41) is 0. The van der Waals surface area contributed by atoms with Crippen molar-refractivity contribution in [2.45, 2.75) is 64.8 Å². The van der Waals surface area contributed by atoms with Crippen molar-refractivity contribution in [3.63, 3.8) is 0 Å². The van der Waals surface area contributed by atoms with Gasteiger partial charge >= 0.3 is 0 Å². The van der Waals surface area contributed by atoms with Crippen molar-refractivity contribution in [2.24, 2.45) is 0 Å². The summed E-state index contributed by atoms with van der Waals surface area (Å²) in [5.41, 5.74) is 3.05. The molecule has 0 atom stereocenters. The number of fused-ring (bicyclic) bond motifs is 1. The zero-order valence-corrected chi connectivity index (χ0v) is 15.3. The lowest BCUT2D eigenvalue weighted by Crippen LogP contribution is -3.00. The van der Waals surface area contributed by atoms with Crippen LogP contribution in [0.5, 0.6) is 0 Å². The molecular weight excluding hydrogens is 310 g/mol. The Labute approximate surface area is 147 Å². The Bertz CT molecular complexity index is 426. The molecule has 23 heavy (non-hydrogen) atoms. The van der Waals surface area contributed by atoms with Gasteiger partial charge in [0.1, 0.15) is 6.61 Å². The first-order valence-electron chi connectivity index (χ1n) is 9.07. The second kappa shape index (κ2) is 12.7. The van der Waals surface area contributed by atoms with E-state index in [1.54, 1.807) is 0 Å². The largest absolute Gasteiger partial charge is 1.00 e. The number of pyridine rings is 1. The Balaban J connectivity index is 0.00000264. The van der Waals surface area contributed by atoms with Gasteiger partial charge in [0.05, 0.1) is 13.2 Å². The maximum absolute atomic E-state index is 5.71. The molecule has 2 rings (SSSR count). The van der Waals surface area contributed by atoms with Gasteiger partial charge in [-0.15, -0.1) is 0 Å². The highest BCUT2D eigenvalue weighted by atomic mass is 35.5. The molecule has 4 heteroatoms. The smallest absolute Gasteiger partial charge is 0.184 e. The summed E-state index contributed by atoms with van der Waals surface area (Å²) in [6.45, 7) is 6.29. The fraction of sp³-hybridized carbons (Fsp3) is 0.737. The summed E-state index contributed by atoms with van der Waals surface area (Å²) in [6, 6.07) is 4.45. The SMILES string of the molecule is CCCCCCOCCOCC[n+]1cccc2c1CCCC2.[Cl-]. The van der Waals surface area contributed by atoms with Gasteiger partial charge in [0.15, 0.2) is 18.4 Å². The maximum Gasteiger partial charge on any atom is 0.184 e. The lowest BCUT2D eigenvalue weighted by atomic mass is 9.96. The van der Waals surface area contributed by atoms with Gasteiger partial charge < -0.3 is 21.9 Å². The number of rotatable bonds is 11. The zero-order chi connectivity index (χ0) is 15.5. The number of unbranched alkanes of at least 4 members (excludes halogenated alkanes) is 3. The summed E-state index contributed by atoms with van der Waals surface area (Å²) in [4.78, 5) is 0. The van der Waals surface area contributed by atoms with Crippen molar-refractivity contribution in [1.29, 1.82) is 0 Å². The van der Waals surface area contributed by atoms with Gasteiger partial charge in [0, 0.05) is 24.7 Å². The van der Waals surface area contributed by atoms with Crippen LogP contribution in [0.4, 0.5) is 0 Å². The average molecular weight is 342 g/mol. The topological polar surface area (TPSA) is 22.3 Å². The monoisotopic (exact) mass is 341 g/mol. The molecule has 0 fully saturated rings. The van der Waals surface area contributed by atoms with Gasteiger partial charge in [0.25, 0.3) is 0 Å². The number of nitrogens with zero attached hydrogens (tertiary/aromatic N) is 1. The number of hydrogen-bond donors (Lipinski definition) is 0. The fourth-order valence-corrected chi connectivity index (χ4v) is 3.10. The van der Waals surface area contributed by atoms with E-state index in [0.29, 0.717) is 6.61 Å². The minimum atomic E-state index is 0. The third kappa shape index (κ3) is 7.65. The Kier molecular flexibility index (Phi) is 11.3. The zero-order valence-electron chi connectivity index (χ0n) is 14.6. The Hall–Kier alpha value is -0.640. The van der Waals surface area contributed by atoms with E-state index in [-0.39, 0.29) is 12.4 Å². The van der Waals surface area contributed by atoms with Crippen molar-refractivity contribution < 1.29 is 26.4 Å². The Morgan fingerprint density at radius 3 is 2.57 bits per heavy atom. The van der Waals surface area contributed by atoms with Crippen molar-refractivity contribution >= 4 is 0 Å². The van der Waals surface area contributed by atoms with Gasteiger partial charge in [-0.25, -0.2) is 0 Å². The van der Waals surface area contributed by atoms with Crippen LogP contribution in [0.1, 0.15) is 56.7 Å². The summed E-state index contributed by atoms with van der Waals surface area (Å²) in [5.74, 6) is 0. The van der Waals surface area contributed by atoms with Crippen LogP contribution in [-0.2, 0) is 28.9 Å². The van der Waals surface area contributed by atoms with Crippen molar-refractivity contribution in [1.82, 2.24) is 0 Å². The van der Waals surface area contributed by atoms with Crippen LogP contribution in [0.2, 0.25) is 0 Å². The quantitative estimate of drug-likeness (QED) is 0.431. The third-order valence-corrected chi connectivity index (χ3v) is 4.38. The molecule has 0 aliphatic heterocycles. The number of ether oxygens (including phenoxy) is 2. The van der Waals surface area contributed by atoms with Crippen LogP contribution in [0.25, 0.3) is 0 Å². The second-order valence-electron chi connectivity index (χ2n) is 6.17. The molecule has 3 nitrogen and oxygen atoms in total. The van der Waals surface area contributed by atoms with E-state index in [1.807, 2.05) is 0 Å². The standard InChI is InChI=1S/C19H32NO2.ClH/c1-2-3-4-7-14-21-16-17-22-15-13-20-12-8-10-18-9-5-6-11-19(18)20;/h8,10,12H,2-7,9,11,13-17H2,1H3;1H/q+1;/p-1. The summed E-state index contributed by atoms with van der Waals surface area (Å²) < 4.78 is 13.7. The third-order valence-electron chi connectivity index (χ3n) is 4.38. The molecule has 1 aromatic rings. The molecule has 1 aliphatic rings. The summed E-state index contributed by atoms with van der Waals surface area (Å²) in [6.07, 6.45) is 12.4. The van der Waals surface area contributed by atoms with Crippen molar-refractivity contribution in [2.75, 3.05) is 26.4 Å².